The first-order chi connectivity index (χ1) is 16.9. The number of carbonyl (C=O) groups is 2. The molecule has 0 fully saturated rings. The fourth-order valence-electron chi connectivity index (χ4n) is 3.29. The molecule has 35 heavy (non-hydrogen) atoms. The summed E-state index contributed by atoms with van der Waals surface area (Å²) in [5, 5.41) is 2.79. The van der Waals surface area contributed by atoms with Crippen molar-refractivity contribution in [1.29, 1.82) is 0 Å². The molecule has 0 radical (unpaired) electrons. The fraction of sp³-hybridized carbons (Fsp3) is 0.185. The minimum Gasteiger partial charge on any atom is -0.497 e. The van der Waals surface area contributed by atoms with Crippen LogP contribution >= 0.6 is 0 Å². The van der Waals surface area contributed by atoms with Gasteiger partial charge in [-0.2, -0.15) is 0 Å². The van der Waals surface area contributed by atoms with Gasteiger partial charge in [-0.15, -0.1) is 0 Å². The number of nitrogens with one attached hydrogen (secondary N) is 1. The van der Waals surface area contributed by atoms with Crippen molar-refractivity contribution < 1.29 is 33.3 Å². The number of methoxy groups -OCH3 is 4. The van der Waals surface area contributed by atoms with Gasteiger partial charge in [-0.05, 0) is 67.1 Å². The highest BCUT2D eigenvalue weighted by atomic mass is 16.5. The van der Waals surface area contributed by atoms with E-state index in [0.717, 1.165) is 0 Å². The lowest BCUT2D eigenvalue weighted by Gasteiger charge is -2.13. The van der Waals surface area contributed by atoms with E-state index in [1.165, 1.54) is 34.3 Å². The van der Waals surface area contributed by atoms with Gasteiger partial charge >= 0.3 is 0 Å². The molecule has 0 aliphatic carbocycles. The second kappa shape index (κ2) is 11.6. The minimum atomic E-state index is -0.320. The summed E-state index contributed by atoms with van der Waals surface area (Å²) < 4.78 is 27.1. The normalized spacial score (nSPS) is 10.5. The van der Waals surface area contributed by atoms with Crippen molar-refractivity contribution in [3.05, 3.63) is 71.8 Å². The number of anilines is 1. The molecule has 0 saturated carbocycles. The Bertz CT molecular complexity index is 1210. The maximum Gasteiger partial charge on any atom is 0.248 e. The van der Waals surface area contributed by atoms with E-state index in [0.29, 0.717) is 51.3 Å². The average Bonchev–Trinajstić information content (AvgIpc) is 2.87. The van der Waals surface area contributed by atoms with Gasteiger partial charge in [-0.3, -0.25) is 9.59 Å². The number of hydrogen-bond acceptors (Lipinski definition) is 7. The Balaban J connectivity index is 1.69. The van der Waals surface area contributed by atoms with E-state index in [-0.39, 0.29) is 11.7 Å². The number of ketones is 1. The Labute approximate surface area is 204 Å². The molecule has 0 aliphatic rings. The van der Waals surface area contributed by atoms with Crippen molar-refractivity contribution in [3.8, 4) is 34.5 Å². The number of Topliss-reactive ketones (excluding diaryl/α,β-unsaturated/α-hetero) is 1. The number of hydrogen-bond donors (Lipinski definition) is 1. The fourth-order valence-corrected chi connectivity index (χ4v) is 3.29. The van der Waals surface area contributed by atoms with Crippen molar-refractivity contribution in [2.24, 2.45) is 0 Å². The van der Waals surface area contributed by atoms with Crippen LogP contribution in [0.5, 0.6) is 34.5 Å². The van der Waals surface area contributed by atoms with Gasteiger partial charge in [0.05, 0.1) is 34.0 Å². The second-order valence-electron chi connectivity index (χ2n) is 7.33. The Hall–Kier alpha value is -4.46. The lowest BCUT2D eigenvalue weighted by atomic mass is 10.1. The van der Waals surface area contributed by atoms with Gasteiger partial charge in [0.15, 0.2) is 17.3 Å². The maximum absolute atomic E-state index is 12.4. The Morgan fingerprint density at radius 1 is 0.743 bits per heavy atom. The van der Waals surface area contributed by atoms with Crippen molar-refractivity contribution in [2.45, 2.75) is 6.92 Å². The summed E-state index contributed by atoms with van der Waals surface area (Å²) in [6.07, 6.45) is 3.05. The third-order valence-corrected chi connectivity index (χ3v) is 5.03. The van der Waals surface area contributed by atoms with Crippen molar-refractivity contribution >= 4 is 23.5 Å². The zero-order valence-electron chi connectivity index (χ0n) is 20.2. The van der Waals surface area contributed by atoms with E-state index in [1.807, 2.05) is 0 Å². The molecule has 3 aromatic rings. The third kappa shape index (κ3) is 6.32. The third-order valence-electron chi connectivity index (χ3n) is 5.03. The molecule has 8 heteroatoms. The van der Waals surface area contributed by atoms with Crippen LogP contribution in [0.4, 0.5) is 5.69 Å². The molecule has 8 nitrogen and oxygen atoms in total. The van der Waals surface area contributed by atoms with Crippen LogP contribution in [0.1, 0.15) is 22.8 Å². The molecule has 0 aromatic heterocycles. The van der Waals surface area contributed by atoms with Crippen molar-refractivity contribution in [2.75, 3.05) is 33.8 Å². The minimum absolute atomic E-state index is 0.120. The van der Waals surface area contributed by atoms with Crippen LogP contribution in [0.2, 0.25) is 0 Å². The highest BCUT2D eigenvalue weighted by Crippen LogP contribution is 2.38. The van der Waals surface area contributed by atoms with Gasteiger partial charge in [-0.1, -0.05) is 0 Å². The Morgan fingerprint density at radius 2 is 1.37 bits per heavy atom. The lowest BCUT2D eigenvalue weighted by molar-refractivity contribution is -0.111. The van der Waals surface area contributed by atoms with Crippen molar-refractivity contribution in [1.82, 2.24) is 0 Å². The summed E-state index contributed by atoms with van der Waals surface area (Å²) in [5.74, 6) is 2.49. The molecule has 0 spiro atoms. The molecule has 0 saturated heterocycles. The van der Waals surface area contributed by atoms with Gasteiger partial charge in [0.2, 0.25) is 11.7 Å². The molecular weight excluding hydrogens is 450 g/mol. The first kappa shape index (κ1) is 25.2. The molecule has 3 rings (SSSR count). The van der Waals surface area contributed by atoms with Crippen LogP contribution in [-0.2, 0) is 4.79 Å². The molecule has 1 N–H and O–H groups in total. The topological polar surface area (TPSA) is 92.3 Å². The summed E-state index contributed by atoms with van der Waals surface area (Å²) >= 11 is 0. The number of amides is 1. The highest BCUT2D eigenvalue weighted by molar-refractivity contribution is 6.02. The lowest BCUT2D eigenvalue weighted by Crippen LogP contribution is -2.07. The SMILES string of the molecule is COc1ccc(C(C)=O)c(Oc2ccc(NC(=O)C=Cc3cc(OC)c(OC)c(OC)c3)cc2)c1. The van der Waals surface area contributed by atoms with Crippen LogP contribution in [0.25, 0.3) is 6.08 Å². The van der Waals surface area contributed by atoms with Gasteiger partial charge < -0.3 is 29.0 Å². The molecule has 0 heterocycles. The monoisotopic (exact) mass is 477 g/mol. The Kier molecular flexibility index (Phi) is 8.34. The Morgan fingerprint density at radius 3 is 1.91 bits per heavy atom. The summed E-state index contributed by atoms with van der Waals surface area (Å²) in [6, 6.07) is 15.3. The number of carbonyl (C=O) groups excluding carboxylic acids is 2. The summed E-state index contributed by atoms with van der Waals surface area (Å²) in [6.45, 7) is 1.47. The largest absolute Gasteiger partial charge is 0.497 e. The number of benzene rings is 3. The van der Waals surface area contributed by atoms with E-state index in [2.05, 4.69) is 5.32 Å². The average molecular weight is 478 g/mol. The first-order valence-corrected chi connectivity index (χ1v) is 10.6. The van der Waals surface area contributed by atoms with E-state index < -0.39 is 0 Å². The van der Waals surface area contributed by atoms with Crippen LogP contribution in [0, 0.1) is 0 Å². The van der Waals surface area contributed by atoms with Crippen LogP contribution in [0.15, 0.2) is 60.7 Å². The van der Waals surface area contributed by atoms with E-state index >= 15 is 0 Å². The zero-order chi connectivity index (χ0) is 25.4. The predicted octanol–water partition coefficient (Wildman–Crippen LogP) is 5.37. The quantitative estimate of drug-likeness (QED) is 0.310. The molecule has 3 aromatic carbocycles. The number of rotatable bonds is 10. The maximum atomic E-state index is 12.4. The highest BCUT2D eigenvalue weighted by Gasteiger charge is 2.13. The zero-order valence-corrected chi connectivity index (χ0v) is 20.2. The molecule has 182 valence electrons. The van der Waals surface area contributed by atoms with Crippen LogP contribution in [0.3, 0.4) is 0 Å². The second-order valence-corrected chi connectivity index (χ2v) is 7.33. The predicted molar refractivity (Wildman–Crippen MR) is 133 cm³/mol. The van der Waals surface area contributed by atoms with Crippen molar-refractivity contribution in [3.63, 3.8) is 0 Å². The molecule has 0 unspecified atom stereocenters. The molecule has 0 atom stereocenters. The molecule has 0 aliphatic heterocycles. The first-order valence-electron chi connectivity index (χ1n) is 10.6. The van der Waals surface area contributed by atoms with E-state index in [9.17, 15) is 9.59 Å². The standard InChI is InChI=1S/C27H27NO7/c1-17(29)22-12-11-21(31-2)16-23(22)35-20-9-7-19(8-10-20)28-26(30)13-6-18-14-24(32-3)27(34-5)25(15-18)33-4/h6-16H,1-5H3,(H,28,30). The van der Waals surface area contributed by atoms with Crippen LogP contribution < -0.4 is 29.0 Å². The molecule has 0 bridgehead atoms. The smallest absolute Gasteiger partial charge is 0.248 e. The number of ether oxygens (including phenoxy) is 5. The van der Waals surface area contributed by atoms with Crippen LogP contribution in [-0.4, -0.2) is 40.1 Å². The van der Waals surface area contributed by atoms with Gasteiger partial charge in [0.1, 0.15) is 17.2 Å². The van der Waals surface area contributed by atoms with Gasteiger partial charge in [-0.25, -0.2) is 0 Å². The summed E-state index contributed by atoms with van der Waals surface area (Å²) in [4.78, 5) is 24.3. The van der Waals surface area contributed by atoms with Gasteiger partial charge in [0, 0.05) is 17.8 Å². The van der Waals surface area contributed by atoms with E-state index in [4.69, 9.17) is 23.7 Å². The summed E-state index contributed by atoms with van der Waals surface area (Å²) in [7, 11) is 6.12. The molecular formula is C27H27NO7. The molecule has 1 amide bonds. The summed E-state index contributed by atoms with van der Waals surface area (Å²) in [5.41, 5.74) is 1.73. The van der Waals surface area contributed by atoms with E-state index in [1.54, 1.807) is 67.8 Å². The van der Waals surface area contributed by atoms with Gasteiger partial charge in [0.25, 0.3) is 0 Å².